The Bertz CT molecular complexity index is 2390. The standard InChI is InChI=1S/C24H28N6.C21H24N8/c1-15-13-21(29-17(3)27(5)23-19(29)9-7-11-25-23)16(2)22(14-15)30-18(4)28(6)24-20(30)10-8-12-26-24;1-13-16(28-14(2)26(4)18-20(28)24-11-9-22-18)7-6-8-17(13)29-15(3)27(5)19-21(29)25-12-10-23-19/h7-14,17-18H,1-6H3;6-12,14-15H,1-5H3/t17-,18+;14-,15+. The highest BCUT2D eigenvalue weighted by Crippen LogP contribution is 2.49. The molecule has 2 aromatic carbocycles. The minimum atomic E-state index is 0.118. The third kappa shape index (κ3) is 5.75. The average molecular weight is 789 g/mol. The summed E-state index contributed by atoms with van der Waals surface area (Å²) in [5.74, 6) is 5.61. The topological polar surface area (TPSA) is 103 Å². The quantitative estimate of drug-likeness (QED) is 0.171. The minimum Gasteiger partial charge on any atom is -0.337 e. The highest BCUT2D eigenvalue weighted by atomic mass is 15.5. The van der Waals surface area contributed by atoms with Crippen LogP contribution in [-0.2, 0) is 0 Å². The number of aryl methyl sites for hydroxylation is 1. The van der Waals surface area contributed by atoms with Crippen molar-refractivity contribution in [2.24, 2.45) is 0 Å². The molecule has 4 aliphatic heterocycles. The molecule has 0 saturated carbocycles. The van der Waals surface area contributed by atoms with Crippen molar-refractivity contribution in [2.45, 2.75) is 73.1 Å². The molecular weight excluding hydrogens is 737 g/mol. The Morgan fingerprint density at radius 1 is 0.356 bits per heavy atom. The fourth-order valence-corrected chi connectivity index (χ4v) is 9.09. The van der Waals surface area contributed by atoms with E-state index in [0.29, 0.717) is 0 Å². The first-order chi connectivity index (χ1) is 28.4. The largest absolute Gasteiger partial charge is 0.337 e. The fourth-order valence-electron chi connectivity index (χ4n) is 9.09. The fraction of sp³-hybridized carbons (Fsp3) is 0.333. The molecule has 0 N–H and O–H groups in total. The molecule has 14 heteroatoms. The number of benzene rings is 2. The van der Waals surface area contributed by atoms with Crippen LogP contribution in [0, 0.1) is 20.8 Å². The van der Waals surface area contributed by atoms with Crippen molar-refractivity contribution >= 4 is 69.0 Å². The predicted molar refractivity (Wildman–Crippen MR) is 240 cm³/mol. The summed E-state index contributed by atoms with van der Waals surface area (Å²) in [6, 6.07) is 19.3. The predicted octanol–water partition coefficient (Wildman–Crippen LogP) is 8.40. The number of hydrogen-bond acceptors (Lipinski definition) is 14. The lowest BCUT2D eigenvalue weighted by Gasteiger charge is -2.33. The van der Waals surface area contributed by atoms with E-state index in [4.69, 9.17) is 0 Å². The van der Waals surface area contributed by atoms with Gasteiger partial charge < -0.3 is 39.2 Å². The molecule has 302 valence electrons. The maximum atomic E-state index is 4.63. The van der Waals surface area contributed by atoms with Gasteiger partial charge in [-0.25, -0.2) is 29.9 Å². The number of rotatable bonds is 4. The molecule has 0 aliphatic carbocycles. The molecule has 6 aromatic rings. The first-order valence-electron chi connectivity index (χ1n) is 20.2. The zero-order valence-corrected chi connectivity index (χ0v) is 35.7. The van der Waals surface area contributed by atoms with E-state index in [2.05, 4.69) is 188 Å². The third-order valence-electron chi connectivity index (χ3n) is 12.7. The maximum Gasteiger partial charge on any atom is 0.178 e. The highest BCUT2D eigenvalue weighted by Gasteiger charge is 2.39. The second-order valence-corrected chi connectivity index (χ2v) is 15.9. The molecule has 8 heterocycles. The van der Waals surface area contributed by atoms with Gasteiger partial charge in [0.15, 0.2) is 34.9 Å². The van der Waals surface area contributed by atoms with E-state index in [9.17, 15) is 0 Å². The zero-order valence-electron chi connectivity index (χ0n) is 35.7. The Balaban J connectivity index is 0.000000152. The summed E-state index contributed by atoms with van der Waals surface area (Å²) in [4.78, 5) is 45.7. The Labute approximate surface area is 347 Å². The van der Waals surface area contributed by atoms with E-state index in [1.54, 1.807) is 24.8 Å². The van der Waals surface area contributed by atoms with Gasteiger partial charge in [-0.15, -0.1) is 0 Å². The molecule has 4 atom stereocenters. The van der Waals surface area contributed by atoms with Crippen LogP contribution >= 0.6 is 0 Å². The van der Waals surface area contributed by atoms with Gasteiger partial charge in [-0.05, 0) is 114 Å². The van der Waals surface area contributed by atoms with Gasteiger partial charge >= 0.3 is 0 Å². The van der Waals surface area contributed by atoms with E-state index >= 15 is 0 Å². The van der Waals surface area contributed by atoms with Gasteiger partial charge in [-0.2, -0.15) is 0 Å². The summed E-state index contributed by atoms with van der Waals surface area (Å²) >= 11 is 0. The normalized spacial score (nSPS) is 20.2. The lowest BCUT2D eigenvalue weighted by atomic mass is 10.0. The molecule has 4 aliphatic rings. The van der Waals surface area contributed by atoms with Crippen molar-refractivity contribution in [1.82, 2.24) is 29.9 Å². The molecule has 0 fully saturated rings. The van der Waals surface area contributed by atoms with Crippen LogP contribution in [0.2, 0.25) is 0 Å². The molecule has 59 heavy (non-hydrogen) atoms. The summed E-state index contributed by atoms with van der Waals surface area (Å²) in [6.07, 6.45) is 11.3. The molecule has 10 rings (SSSR count). The Morgan fingerprint density at radius 3 is 1.10 bits per heavy atom. The van der Waals surface area contributed by atoms with Gasteiger partial charge in [0.25, 0.3) is 0 Å². The van der Waals surface area contributed by atoms with Crippen molar-refractivity contribution in [1.29, 1.82) is 0 Å². The number of nitrogens with zero attached hydrogens (tertiary/aromatic N) is 14. The molecule has 14 nitrogen and oxygen atoms in total. The number of fused-ring (bicyclic) bond motifs is 4. The van der Waals surface area contributed by atoms with Crippen molar-refractivity contribution in [3.8, 4) is 0 Å². The van der Waals surface area contributed by atoms with Crippen LogP contribution in [0.5, 0.6) is 0 Å². The monoisotopic (exact) mass is 788 g/mol. The molecule has 0 unspecified atom stereocenters. The van der Waals surface area contributed by atoms with Gasteiger partial charge in [-0.3, -0.25) is 0 Å². The Kier molecular flexibility index (Phi) is 9.17. The van der Waals surface area contributed by atoms with Crippen LogP contribution in [0.1, 0.15) is 44.4 Å². The smallest absolute Gasteiger partial charge is 0.178 e. The second kappa shape index (κ2) is 14.3. The van der Waals surface area contributed by atoms with E-state index < -0.39 is 0 Å². The molecule has 0 amide bonds. The Morgan fingerprint density at radius 2 is 0.678 bits per heavy atom. The molecule has 0 saturated heterocycles. The first-order valence-corrected chi connectivity index (χ1v) is 20.2. The van der Waals surface area contributed by atoms with Crippen molar-refractivity contribution in [3.63, 3.8) is 0 Å². The van der Waals surface area contributed by atoms with Crippen LogP contribution in [0.3, 0.4) is 0 Å². The molecule has 4 aromatic heterocycles. The SMILES string of the molecule is Cc1c(N2c3nccnc3N(C)[C@H]2C)cccc1N1c2nccnc2N(C)[C@@H]1C.Cc1cc(N2c3cccnc3N(C)[C@H]2C)c(C)c(N2c3cccnc3N(C)[C@@H]2C)c1. The summed E-state index contributed by atoms with van der Waals surface area (Å²) in [7, 11) is 8.34. The van der Waals surface area contributed by atoms with Crippen LogP contribution in [0.25, 0.3) is 0 Å². The number of pyridine rings is 2. The van der Waals surface area contributed by atoms with Gasteiger partial charge in [-0.1, -0.05) is 6.07 Å². The average Bonchev–Trinajstić information content (AvgIpc) is 3.85. The van der Waals surface area contributed by atoms with Gasteiger partial charge in [0.2, 0.25) is 0 Å². The number of aromatic nitrogens is 6. The second-order valence-electron chi connectivity index (χ2n) is 15.9. The molecule has 0 bridgehead atoms. The van der Waals surface area contributed by atoms with Gasteiger partial charge in [0, 0.05) is 88.1 Å². The lowest BCUT2D eigenvalue weighted by Crippen LogP contribution is -2.37. The Hall–Kier alpha value is -6.70. The van der Waals surface area contributed by atoms with E-state index in [1.807, 2.05) is 24.5 Å². The van der Waals surface area contributed by atoms with Crippen molar-refractivity contribution in [3.05, 3.63) is 108 Å². The summed E-state index contributed by atoms with van der Waals surface area (Å²) < 4.78 is 0. The maximum absolute atomic E-state index is 4.63. The van der Waals surface area contributed by atoms with E-state index in [1.165, 1.54) is 28.1 Å². The van der Waals surface area contributed by atoms with Crippen LogP contribution < -0.4 is 39.2 Å². The summed E-state index contributed by atoms with van der Waals surface area (Å²) in [6.45, 7) is 15.4. The summed E-state index contributed by atoms with van der Waals surface area (Å²) in [5.41, 5.74) is 10.7. The summed E-state index contributed by atoms with van der Waals surface area (Å²) in [5, 5.41) is 0. The lowest BCUT2D eigenvalue weighted by molar-refractivity contribution is 0.718. The number of anilines is 12. The highest BCUT2D eigenvalue weighted by molar-refractivity contribution is 5.89. The first kappa shape index (κ1) is 37.9. The van der Waals surface area contributed by atoms with Crippen LogP contribution in [-0.4, -0.2) is 82.8 Å². The number of hydrogen-bond donors (Lipinski definition) is 0. The van der Waals surface area contributed by atoms with Gasteiger partial charge in [0.1, 0.15) is 24.7 Å². The minimum absolute atomic E-state index is 0.118. The molecular formula is C45H52N14. The molecule has 0 radical (unpaired) electrons. The van der Waals surface area contributed by atoms with Crippen molar-refractivity contribution in [2.75, 3.05) is 67.4 Å². The van der Waals surface area contributed by atoms with Crippen LogP contribution in [0.4, 0.5) is 69.0 Å². The van der Waals surface area contributed by atoms with Gasteiger partial charge in [0.05, 0.1) is 11.4 Å². The van der Waals surface area contributed by atoms with E-state index in [0.717, 1.165) is 57.7 Å². The third-order valence-corrected chi connectivity index (χ3v) is 12.7. The van der Waals surface area contributed by atoms with E-state index in [-0.39, 0.29) is 24.7 Å². The van der Waals surface area contributed by atoms with Crippen molar-refractivity contribution < 1.29 is 0 Å². The zero-order chi connectivity index (χ0) is 41.4. The van der Waals surface area contributed by atoms with Crippen LogP contribution in [0.15, 0.2) is 91.8 Å². The molecule has 0 spiro atoms.